The van der Waals surface area contributed by atoms with Crippen LogP contribution in [-0.2, 0) is 9.53 Å². The summed E-state index contributed by atoms with van der Waals surface area (Å²) in [5.74, 6) is 0.470. The topological polar surface area (TPSA) is 88.7 Å². The van der Waals surface area contributed by atoms with E-state index in [-0.39, 0.29) is 24.5 Å². The molecular weight excluding hydrogens is 430 g/mol. The molecular formula is C27H37N3O4. The van der Waals surface area contributed by atoms with Crippen molar-refractivity contribution < 1.29 is 19.1 Å². The Labute approximate surface area is 202 Å². The molecule has 1 aliphatic rings. The minimum Gasteiger partial charge on any atom is -0.494 e. The van der Waals surface area contributed by atoms with Crippen LogP contribution in [0, 0.1) is 0 Å². The monoisotopic (exact) mass is 467 g/mol. The van der Waals surface area contributed by atoms with Gasteiger partial charge in [-0.15, -0.1) is 0 Å². The fraction of sp³-hybridized carbons (Fsp3) is 0.481. The molecule has 2 aromatic carbocycles. The van der Waals surface area contributed by atoms with Crippen molar-refractivity contribution in [1.29, 1.82) is 0 Å². The molecule has 2 amide bonds. The number of carbonyl (C=O) groups is 2. The fourth-order valence-corrected chi connectivity index (χ4v) is 3.80. The second-order valence-electron chi connectivity index (χ2n) is 8.61. The third-order valence-corrected chi connectivity index (χ3v) is 5.75. The van der Waals surface area contributed by atoms with Gasteiger partial charge in [-0.2, -0.15) is 0 Å². The lowest BCUT2D eigenvalue weighted by Crippen LogP contribution is -2.31. The smallest absolute Gasteiger partial charge is 0.251 e. The Balaban J connectivity index is 1.37. The zero-order chi connectivity index (χ0) is 24.0. The van der Waals surface area contributed by atoms with Gasteiger partial charge in [0.1, 0.15) is 5.75 Å². The molecule has 34 heavy (non-hydrogen) atoms. The number of amides is 2. The minimum absolute atomic E-state index is 0.0917. The highest BCUT2D eigenvalue weighted by Gasteiger charge is 2.17. The van der Waals surface area contributed by atoms with E-state index in [2.05, 4.69) is 22.9 Å². The molecule has 0 aromatic heterocycles. The predicted octanol–water partition coefficient (Wildman–Crippen LogP) is 5.00. The van der Waals surface area contributed by atoms with Crippen molar-refractivity contribution in [1.82, 2.24) is 5.32 Å². The minimum atomic E-state index is -0.190. The Kier molecular flexibility index (Phi) is 10.7. The number of carbonyl (C=O) groups excluding carboxylic acids is 2. The van der Waals surface area contributed by atoms with Crippen LogP contribution in [0.4, 0.5) is 11.4 Å². The van der Waals surface area contributed by atoms with Crippen molar-refractivity contribution in [3.63, 3.8) is 0 Å². The van der Waals surface area contributed by atoms with Crippen molar-refractivity contribution in [2.24, 2.45) is 0 Å². The zero-order valence-electron chi connectivity index (χ0n) is 20.1. The first-order valence-corrected chi connectivity index (χ1v) is 12.4. The molecule has 1 saturated heterocycles. The van der Waals surface area contributed by atoms with Crippen molar-refractivity contribution >= 4 is 23.2 Å². The van der Waals surface area contributed by atoms with Gasteiger partial charge in [0, 0.05) is 30.1 Å². The van der Waals surface area contributed by atoms with E-state index in [1.54, 1.807) is 24.3 Å². The number of hydrogen-bond donors (Lipinski definition) is 3. The highest BCUT2D eigenvalue weighted by Crippen LogP contribution is 2.17. The largest absolute Gasteiger partial charge is 0.494 e. The highest BCUT2D eigenvalue weighted by atomic mass is 16.5. The second-order valence-corrected chi connectivity index (χ2v) is 8.61. The van der Waals surface area contributed by atoms with E-state index in [1.165, 1.54) is 25.7 Å². The zero-order valence-corrected chi connectivity index (χ0v) is 20.1. The molecule has 1 aliphatic heterocycles. The summed E-state index contributed by atoms with van der Waals surface area (Å²) in [6.45, 7) is 4.31. The van der Waals surface area contributed by atoms with Gasteiger partial charge in [-0.3, -0.25) is 9.59 Å². The molecule has 1 heterocycles. The summed E-state index contributed by atoms with van der Waals surface area (Å²) in [7, 11) is 0. The maximum atomic E-state index is 12.4. The average Bonchev–Trinajstić information content (AvgIpc) is 3.38. The fourth-order valence-electron chi connectivity index (χ4n) is 3.80. The van der Waals surface area contributed by atoms with Gasteiger partial charge in [0.05, 0.1) is 19.3 Å². The third kappa shape index (κ3) is 9.06. The van der Waals surface area contributed by atoms with Crippen LogP contribution in [0.5, 0.6) is 5.75 Å². The van der Waals surface area contributed by atoms with Gasteiger partial charge in [-0.05, 0) is 61.7 Å². The summed E-state index contributed by atoms with van der Waals surface area (Å²) in [5, 5.41) is 8.84. The average molecular weight is 468 g/mol. The number of unbranched alkanes of at least 4 members (excludes halogenated alkanes) is 4. The molecule has 0 bridgehead atoms. The molecule has 2 aromatic rings. The number of rotatable bonds is 14. The Hall–Kier alpha value is -3.06. The van der Waals surface area contributed by atoms with E-state index >= 15 is 0 Å². The number of anilines is 2. The maximum absolute atomic E-state index is 12.4. The Bertz CT molecular complexity index is 895. The van der Waals surface area contributed by atoms with Gasteiger partial charge in [-0.1, -0.05) is 38.7 Å². The number of benzene rings is 2. The van der Waals surface area contributed by atoms with Crippen LogP contribution in [0.2, 0.25) is 0 Å². The predicted molar refractivity (Wildman–Crippen MR) is 136 cm³/mol. The maximum Gasteiger partial charge on any atom is 0.251 e. The van der Waals surface area contributed by atoms with Crippen LogP contribution < -0.4 is 20.7 Å². The van der Waals surface area contributed by atoms with Crippen LogP contribution in [0.1, 0.15) is 62.2 Å². The number of nitrogens with one attached hydrogen (secondary N) is 3. The van der Waals surface area contributed by atoms with Crippen LogP contribution >= 0.6 is 0 Å². The molecule has 0 aliphatic carbocycles. The van der Waals surface area contributed by atoms with Gasteiger partial charge in [0.15, 0.2) is 0 Å². The van der Waals surface area contributed by atoms with Gasteiger partial charge in [0.2, 0.25) is 5.91 Å². The van der Waals surface area contributed by atoms with Gasteiger partial charge < -0.3 is 25.4 Å². The molecule has 1 unspecified atom stereocenters. The standard InChI is InChI=1S/C27H37N3O4/c1-2-3-4-5-6-16-33-24-14-12-22(13-15-24)28-20-26(31)30-23-10-7-9-21(18-23)27(32)29-19-25-11-8-17-34-25/h7,9-10,12-15,18,25,28H,2-6,8,11,16-17,19-20H2,1H3,(H,29,32)(H,30,31). The van der Waals surface area contributed by atoms with E-state index < -0.39 is 0 Å². The number of ether oxygens (including phenoxy) is 2. The summed E-state index contributed by atoms with van der Waals surface area (Å²) in [4.78, 5) is 24.8. The van der Waals surface area contributed by atoms with Crippen LogP contribution in [0.25, 0.3) is 0 Å². The second kappa shape index (κ2) is 14.3. The summed E-state index contributed by atoms with van der Waals surface area (Å²) < 4.78 is 11.3. The molecule has 7 heteroatoms. The molecule has 1 fully saturated rings. The van der Waals surface area contributed by atoms with E-state index in [0.29, 0.717) is 17.8 Å². The lowest BCUT2D eigenvalue weighted by atomic mass is 10.1. The van der Waals surface area contributed by atoms with Gasteiger partial charge in [-0.25, -0.2) is 0 Å². The van der Waals surface area contributed by atoms with E-state index in [9.17, 15) is 9.59 Å². The molecule has 7 nitrogen and oxygen atoms in total. The summed E-state index contributed by atoms with van der Waals surface area (Å²) in [5.41, 5.74) is 1.93. The molecule has 0 spiro atoms. The van der Waals surface area contributed by atoms with Crippen LogP contribution in [0.15, 0.2) is 48.5 Å². The Morgan fingerprint density at radius 1 is 1.03 bits per heavy atom. The van der Waals surface area contributed by atoms with E-state index in [0.717, 1.165) is 43.9 Å². The van der Waals surface area contributed by atoms with E-state index in [1.807, 2.05) is 24.3 Å². The molecule has 1 atom stereocenters. The summed E-state index contributed by atoms with van der Waals surface area (Å²) in [6, 6.07) is 14.5. The SMILES string of the molecule is CCCCCCCOc1ccc(NCC(=O)Nc2cccc(C(=O)NCC3CCCO3)c2)cc1. The van der Waals surface area contributed by atoms with E-state index in [4.69, 9.17) is 9.47 Å². The number of hydrogen-bond acceptors (Lipinski definition) is 5. The van der Waals surface area contributed by atoms with Crippen LogP contribution in [-0.4, -0.2) is 44.2 Å². The normalized spacial score (nSPS) is 15.0. The molecule has 3 rings (SSSR count). The lowest BCUT2D eigenvalue weighted by Gasteiger charge is -2.12. The highest BCUT2D eigenvalue weighted by molar-refractivity contribution is 5.98. The first-order valence-electron chi connectivity index (χ1n) is 12.4. The summed E-state index contributed by atoms with van der Waals surface area (Å²) in [6.07, 6.45) is 8.15. The Morgan fingerprint density at radius 3 is 2.62 bits per heavy atom. The lowest BCUT2D eigenvalue weighted by molar-refractivity contribution is -0.114. The third-order valence-electron chi connectivity index (χ3n) is 5.75. The van der Waals surface area contributed by atoms with Crippen LogP contribution in [0.3, 0.4) is 0 Å². The first kappa shape index (κ1) is 25.6. The Morgan fingerprint density at radius 2 is 1.85 bits per heavy atom. The van der Waals surface area contributed by atoms with Crippen molar-refractivity contribution in [3.05, 3.63) is 54.1 Å². The molecule has 0 saturated carbocycles. The van der Waals surface area contributed by atoms with Gasteiger partial charge in [0.25, 0.3) is 5.91 Å². The molecule has 184 valence electrons. The molecule has 0 radical (unpaired) electrons. The molecule has 3 N–H and O–H groups in total. The summed E-state index contributed by atoms with van der Waals surface area (Å²) >= 11 is 0. The van der Waals surface area contributed by atoms with Crippen molar-refractivity contribution in [2.75, 3.05) is 36.9 Å². The van der Waals surface area contributed by atoms with Gasteiger partial charge >= 0.3 is 0 Å². The quantitative estimate of drug-likeness (QED) is 0.341. The van der Waals surface area contributed by atoms with Crippen molar-refractivity contribution in [2.45, 2.75) is 58.0 Å². The first-order chi connectivity index (χ1) is 16.6. The van der Waals surface area contributed by atoms with Crippen molar-refractivity contribution in [3.8, 4) is 5.75 Å².